The Labute approximate surface area is 112 Å². The van der Waals surface area contributed by atoms with Crippen molar-refractivity contribution in [1.29, 1.82) is 0 Å². The molecular weight excluding hydrogens is 238 g/mol. The lowest BCUT2D eigenvalue weighted by molar-refractivity contribution is 0.288. The lowest BCUT2D eigenvalue weighted by Gasteiger charge is -2.11. The maximum Gasteiger partial charge on any atom is 0.240 e. The number of aromatic nitrogens is 3. The molecule has 0 aliphatic heterocycles. The highest BCUT2D eigenvalue weighted by Crippen LogP contribution is 2.32. The second-order valence-electron chi connectivity index (χ2n) is 5.04. The Morgan fingerprint density at radius 1 is 1.21 bits per heavy atom. The third kappa shape index (κ3) is 2.72. The van der Waals surface area contributed by atoms with Gasteiger partial charge in [-0.3, -0.25) is 4.98 Å². The molecule has 0 N–H and O–H groups in total. The number of aryl methyl sites for hydroxylation is 2. The number of hydrogen-bond acceptors (Lipinski definition) is 4. The van der Waals surface area contributed by atoms with Gasteiger partial charge in [-0.1, -0.05) is 0 Å². The Balaban J connectivity index is 1.97. The van der Waals surface area contributed by atoms with Crippen LogP contribution in [-0.2, 0) is 0 Å². The Kier molecular flexibility index (Phi) is 3.15. The van der Waals surface area contributed by atoms with E-state index < -0.39 is 0 Å². The van der Waals surface area contributed by atoms with E-state index in [1.165, 1.54) is 12.8 Å². The SMILES string of the molecule is Cc1nc(OCC2CC2)c(-c2cccnc2)nc1C. The summed E-state index contributed by atoms with van der Waals surface area (Å²) >= 11 is 0. The minimum atomic E-state index is 0.628. The lowest BCUT2D eigenvalue weighted by Crippen LogP contribution is -2.06. The Hall–Kier alpha value is -1.97. The van der Waals surface area contributed by atoms with E-state index in [1.807, 2.05) is 26.0 Å². The molecule has 19 heavy (non-hydrogen) atoms. The van der Waals surface area contributed by atoms with Crippen LogP contribution < -0.4 is 4.74 Å². The summed E-state index contributed by atoms with van der Waals surface area (Å²) in [5, 5.41) is 0. The Bertz CT molecular complexity index is 579. The molecule has 2 aromatic heterocycles. The van der Waals surface area contributed by atoms with Crippen molar-refractivity contribution in [2.75, 3.05) is 6.61 Å². The normalized spacial score (nSPS) is 14.4. The predicted octanol–water partition coefficient (Wildman–Crippen LogP) is 2.94. The third-order valence-corrected chi connectivity index (χ3v) is 3.36. The summed E-state index contributed by atoms with van der Waals surface area (Å²) in [6.07, 6.45) is 6.08. The summed E-state index contributed by atoms with van der Waals surface area (Å²) in [5.74, 6) is 1.33. The molecule has 0 unspecified atom stereocenters. The van der Waals surface area contributed by atoms with Crippen molar-refractivity contribution in [2.45, 2.75) is 26.7 Å². The molecule has 1 saturated carbocycles. The molecule has 0 aromatic carbocycles. The minimum Gasteiger partial charge on any atom is -0.476 e. The highest BCUT2D eigenvalue weighted by atomic mass is 16.5. The topological polar surface area (TPSA) is 47.9 Å². The van der Waals surface area contributed by atoms with Gasteiger partial charge in [0.15, 0.2) is 0 Å². The van der Waals surface area contributed by atoms with Gasteiger partial charge in [0.05, 0.1) is 18.0 Å². The van der Waals surface area contributed by atoms with Crippen LogP contribution in [0.15, 0.2) is 24.5 Å². The molecule has 1 fully saturated rings. The first-order chi connectivity index (χ1) is 9.24. The van der Waals surface area contributed by atoms with Crippen molar-refractivity contribution < 1.29 is 4.74 Å². The molecule has 1 aliphatic rings. The summed E-state index contributed by atoms with van der Waals surface area (Å²) in [6.45, 7) is 4.66. The van der Waals surface area contributed by atoms with E-state index in [0.29, 0.717) is 11.8 Å². The quantitative estimate of drug-likeness (QED) is 0.842. The van der Waals surface area contributed by atoms with E-state index in [0.717, 1.165) is 29.3 Å². The maximum absolute atomic E-state index is 5.85. The van der Waals surface area contributed by atoms with Crippen LogP contribution >= 0.6 is 0 Å². The monoisotopic (exact) mass is 255 g/mol. The molecule has 1 aliphatic carbocycles. The Morgan fingerprint density at radius 3 is 2.68 bits per heavy atom. The molecule has 4 nitrogen and oxygen atoms in total. The van der Waals surface area contributed by atoms with Crippen molar-refractivity contribution in [3.63, 3.8) is 0 Å². The maximum atomic E-state index is 5.85. The molecule has 3 rings (SSSR count). The van der Waals surface area contributed by atoms with Gasteiger partial charge in [-0.2, -0.15) is 0 Å². The zero-order valence-electron chi connectivity index (χ0n) is 11.3. The van der Waals surface area contributed by atoms with Gasteiger partial charge in [0.2, 0.25) is 5.88 Å². The van der Waals surface area contributed by atoms with Crippen molar-refractivity contribution in [3.05, 3.63) is 35.9 Å². The van der Waals surface area contributed by atoms with Gasteiger partial charge in [-0.15, -0.1) is 0 Å². The second-order valence-corrected chi connectivity index (χ2v) is 5.04. The van der Waals surface area contributed by atoms with Crippen molar-refractivity contribution >= 4 is 0 Å². The molecule has 0 spiro atoms. The summed E-state index contributed by atoms with van der Waals surface area (Å²) in [6, 6.07) is 3.88. The zero-order chi connectivity index (χ0) is 13.2. The van der Waals surface area contributed by atoms with Crippen LogP contribution in [0, 0.1) is 19.8 Å². The summed E-state index contributed by atoms with van der Waals surface area (Å²) < 4.78 is 5.85. The molecule has 0 radical (unpaired) electrons. The van der Waals surface area contributed by atoms with Crippen LogP contribution in [0.25, 0.3) is 11.3 Å². The summed E-state index contributed by atoms with van der Waals surface area (Å²) in [7, 11) is 0. The molecule has 2 aromatic rings. The van der Waals surface area contributed by atoms with E-state index in [4.69, 9.17) is 4.74 Å². The summed E-state index contributed by atoms with van der Waals surface area (Å²) in [5.41, 5.74) is 3.58. The first-order valence-electron chi connectivity index (χ1n) is 6.62. The van der Waals surface area contributed by atoms with Gasteiger partial charge >= 0.3 is 0 Å². The van der Waals surface area contributed by atoms with E-state index in [9.17, 15) is 0 Å². The van der Waals surface area contributed by atoms with E-state index >= 15 is 0 Å². The highest BCUT2D eigenvalue weighted by molar-refractivity contribution is 5.63. The minimum absolute atomic E-state index is 0.628. The number of pyridine rings is 1. The van der Waals surface area contributed by atoms with Crippen LogP contribution in [-0.4, -0.2) is 21.6 Å². The molecule has 0 amide bonds. The number of hydrogen-bond donors (Lipinski definition) is 0. The Morgan fingerprint density at radius 2 is 2.00 bits per heavy atom. The molecule has 2 heterocycles. The highest BCUT2D eigenvalue weighted by Gasteiger charge is 2.23. The second kappa shape index (κ2) is 4.96. The first kappa shape index (κ1) is 12.1. The van der Waals surface area contributed by atoms with Gasteiger partial charge in [0.1, 0.15) is 5.69 Å². The average molecular weight is 255 g/mol. The standard InChI is InChI=1S/C15H17N3O/c1-10-11(2)18-15(19-9-12-5-6-12)14(17-10)13-4-3-7-16-8-13/h3-4,7-8,12H,5-6,9H2,1-2H3. The average Bonchev–Trinajstić information content (AvgIpc) is 3.25. The number of rotatable bonds is 4. The van der Waals surface area contributed by atoms with Gasteiger partial charge in [0, 0.05) is 18.0 Å². The van der Waals surface area contributed by atoms with E-state index in [1.54, 1.807) is 12.4 Å². The van der Waals surface area contributed by atoms with E-state index in [-0.39, 0.29) is 0 Å². The number of ether oxygens (including phenoxy) is 1. The van der Waals surface area contributed by atoms with E-state index in [2.05, 4.69) is 15.0 Å². The van der Waals surface area contributed by atoms with Gasteiger partial charge in [-0.05, 0) is 44.7 Å². The van der Waals surface area contributed by atoms with Crippen molar-refractivity contribution in [1.82, 2.24) is 15.0 Å². The van der Waals surface area contributed by atoms with Crippen molar-refractivity contribution in [2.24, 2.45) is 5.92 Å². The van der Waals surface area contributed by atoms with Crippen LogP contribution in [0.4, 0.5) is 0 Å². The van der Waals surface area contributed by atoms with Crippen LogP contribution in [0.5, 0.6) is 5.88 Å². The fraction of sp³-hybridized carbons (Fsp3) is 0.400. The molecule has 4 heteroatoms. The molecule has 0 saturated heterocycles. The number of nitrogens with zero attached hydrogens (tertiary/aromatic N) is 3. The van der Waals surface area contributed by atoms with Crippen molar-refractivity contribution in [3.8, 4) is 17.1 Å². The zero-order valence-corrected chi connectivity index (χ0v) is 11.3. The lowest BCUT2D eigenvalue weighted by atomic mass is 10.2. The molecular formula is C15H17N3O. The van der Waals surface area contributed by atoms with Crippen LogP contribution in [0.3, 0.4) is 0 Å². The van der Waals surface area contributed by atoms with Crippen LogP contribution in [0.2, 0.25) is 0 Å². The largest absolute Gasteiger partial charge is 0.476 e. The predicted molar refractivity (Wildman–Crippen MR) is 73.0 cm³/mol. The van der Waals surface area contributed by atoms with Gasteiger partial charge in [-0.25, -0.2) is 9.97 Å². The fourth-order valence-electron chi connectivity index (χ4n) is 1.86. The molecule has 98 valence electrons. The molecule has 0 atom stereocenters. The van der Waals surface area contributed by atoms with Crippen LogP contribution in [0.1, 0.15) is 24.2 Å². The smallest absolute Gasteiger partial charge is 0.240 e. The van der Waals surface area contributed by atoms with Gasteiger partial charge < -0.3 is 4.74 Å². The first-order valence-corrected chi connectivity index (χ1v) is 6.62. The third-order valence-electron chi connectivity index (χ3n) is 3.36. The van der Waals surface area contributed by atoms with Gasteiger partial charge in [0.25, 0.3) is 0 Å². The fourth-order valence-corrected chi connectivity index (χ4v) is 1.86. The summed E-state index contributed by atoms with van der Waals surface area (Å²) in [4.78, 5) is 13.3. The molecule has 0 bridgehead atoms.